The molecule has 6 heteroatoms. The first-order valence-electron chi connectivity index (χ1n) is 6.70. The Hall–Kier alpha value is -2.11. The highest BCUT2D eigenvalue weighted by Gasteiger charge is 2.16. The topological polar surface area (TPSA) is 81.5 Å². The molecule has 1 N–H and O–H groups in total. The van der Waals surface area contributed by atoms with Gasteiger partial charge in [0.2, 0.25) is 0 Å². The summed E-state index contributed by atoms with van der Waals surface area (Å²) in [5.41, 5.74) is 0.0686. The molecule has 0 aliphatic rings. The number of benzene rings is 1. The number of unbranched alkanes of at least 4 members (excludes halogenated alkanes) is 3. The predicted octanol–water partition coefficient (Wildman–Crippen LogP) is 2.91. The fraction of sp³-hybridized carbons (Fsp3) is 0.500. The van der Waals surface area contributed by atoms with Gasteiger partial charge in [0.1, 0.15) is 5.75 Å². The average Bonchev–Trinajstić information content (AvgIpc) is 2.46. The minimum Gasteiger partial charge on any atom is -0.496 e. The Kier molecular flexibility index (Phi) is 6.49. The first kappa shape index (κ1) is 15.9. The van der Waals surface area contributed by atoms with E-state index in [-0.39, 0.29) is 17.2 Å². The number of nitrogens with zero attached hydrogens (tertiary/aromatic N) is 1. The van der Waals surface area contributed by atoms with Crippen LogP contribution in [0.1, 0.15) is 43.0 Å². The van der Waals surface area contributed by atoms with Gasteiger partial charge in [-0.05, 0) is 12.5 Å². The Labute approximate surface area is 118 Å². The first-order chi connectivity index (χ1) is 9.60. The number of hydrogen-bond donors (Lipinski definition) is 1. The number of nitro benzene ring substituents is 1. The van der Waals surface area contributed by atoms with Crippen LogP contribution < -0.4 is 10.1 Å². The van der Waals surface area contributed by atoms with Crippen molar-refractivity contribution in [3.05, 3.63) is 33.9 Å². The fourth-order valence-corrected chi connectivity index (χ4v) is 1.84. The van der Waals surface area contributed by atoms with Crippen molar-refractivity contribution < 1.29 is 14.5 Å². The summed E-state index contributed by atoms with van der Waals surface area (Å²) < 4.78 is 5.06. The van der Waals surface area contributed by atoms with Gasteiger partial charge in [0, 0.05) is 18.7 Å². The Morgan fingerprint density at radius 1 is 1.35 bits per heavy atom. The van der Waals surface area contributed by atoms with E-state index in [0.29, 0.717) is 12.3 Å². The van der Waals surface area contributed by atoms with Gasteiger partial charge in [-0.1, -0.05) is 26.2 Å². The van der Waals surface area contributed by atoms with Gasteiger partial charge in [0.25, 0.3) is 11.6 Å². The zero-order valence-electron chi connectivity index (χ0n) is 11.8. The average molecular weight is 280 g/mol. The summed E-state index contributed by atoms with van der Waals surface area (Å²) in [5.74, 6) is -0.0105. The summed E-state index contributed by atoms with van der Waals surface area (Å²) in [6.45, 7) is 2.68. The maximum absolute atomic E-state index is 12.0. The van der Waals surface area contributed by atoms with E-state index in [1.807, 2.05) is 0 Å². The van der Waals surface area contributed by atoms with Crippen molar-refractivity contribution in [2.24, 2.45) is 0 Å². The lowest BCUT2D eigenvalue weighted by atomic mass is 10.1. The zero-order chi connectivity index (χ0) is 15.0. The molecule has 0 atom stereocenters. The molecule has 1 aromatic carbocycles. The highest BCUT2D eigenvalue weighted by Crippen LogP contribution is 2.23. The van der Waals surface area contributed by atoms with Crippen LogP contribution in [0.2, 0.25) is 0 Å². The highest BCUT2D eigenvalue weighted by molar-refractivity contribution is 5.97. The summed E-state index contributed by atoms with van der Waals surface area (Å²) in [7, 11) is 1.43. The zero-order valence-corrected chi connectivity index (χ0v) is 11.8. The van der Waals surface area contributed by atoms with E-state index in [1.165, 1.54) is 25.3 Å². The molecular weight excluding hydrogens is 260 g/mol. The second-order valence-electron chi connectivity index (χ2n) is 4.46. The minimum absolute atomic E-state index is 0.123. The molecule has 0 spiro atoms. The Morgan fingerprint density at radius 3 is 2.70 bits per heavy atom. The van der Waals surface area contributed by atoms with Crippen LogP contribution >= 0.6 is 0 Å². The number of carbonyl (C=O) groups is 1. The summed E-state index contributed by atoms with van der Waals surface area (Å²) in [4.78, 5) is 22.2. The quantitative estimate of drug-likeness (QED) is 0.451. The largest absolute Gasteiger partial charge is 0.496 e. The molecule has 0 unspecified atom stereocenters. The molecule has 1 amide bonds. The third-order valence-corrected chi connectivity index (χ3v) is 2.95. The van der Waals surface area contributed by atoms with Crippen molar-refractivity contribution in [3.8, 4) is 5.75 Å². The Balaban J connectivity index is 2.70. The SMILES string of the molecule is CCCCCCNC(=O)c1cc([N+](=O)[O-])ccc1OC. The smallest absolute Gasteiger partial charge is 0.270 e. The monoisotopic (exact) mass is 280 g/mol. The number of amides is 1. The molecule has 0 radical (unpaired) electrons. The van der Waals surface area contributed by atoms with Crippen molar-refractivity contribution in [3.63, 3.8) is 0 Å². The normalized spacial score (nSPS) is 10.1. The molecule has 0 aliphatic carbocycles. The molecule has 110 valence electrons. The van der Waals surface area contributed by atoms with Crippen LogP contribution in [-0.4, -0.2) is 24.5 Å². The van der Waals surface area contributed by atoms with Gasteiger partial charge >= 0.3 is 0 Å². The number of nitro groups is 1. The molecule has 6 nitrogen and oxygen atoms in total. The lowest BCUT2D eigenvalue weighted by Gasteiger charge is -2.09. The van der Waals surface area contributed by atoms with Crippen molar-refractivity contribution in [2.75, 3.05) is 13.7 Å². The third-order valence-electron chi connectivity index (χ3n) is 2.95. The Bertz CT molecular complexity index is 474. The van der Waals surface area contributed by atoms with Gasteiger partial charge in [-0.15, -0.1) is 0 Å². The molecule has 1 aromatic rings. The maximum Gasteiger partial charge on any atom is 0.270 e. The van der Waals surface area contributed by atoms with E-state index in [1.54, 1.807) is 0 Å². The van der Waals surface area contributed by atoms with Crippen LogP contribution in [0, 0.1) is 10.1 Å². The second kappa shape index (κ2) is 8.14. The van der Waals surface area contributed by atoms with Crippen LogP contribution in [0.3, 0.4) is 0 Å². The van der Waals surface area contributed by atoms with E-state index >= 15 is 0 Å². The maximum atomic E-state index is 12.0. The van der Waals surface area contributed by atoms with Crippen LogP contribution in [0.15, 0.2) is 18.2 Å². The number of hydrogen-bond acceptors (Lipinski definition) is 4. The fourth-order valence-electron chi connectivity index (χ4n) is 1.84. The molecule has 0 aromatic heterocycles. The highest BCUT2D eigenvalue weighted by atomic mass is 16.6. The molecule has 1 rings (SSSR count). The third kappa shape index (κ3) is 4.53. The number of methoxy groups -OCH3 is 1. The molecule has 0 fully saturated rings. The van der Waals surface area contributed by atoms with Crippen LogP contribution in [0.4, 0.5) is 5.69 Å². The van der Waals surface area contributed by atoms with Crippen molar-refractivity contribution in [2.45, 2.75) is 32.6 Å². The standard InChI is InChI=1S/C14H20N2O4/c1-3-4-5-6-9-15-14(17)12-10-11(16(18)19)7-8-13(12)20-2/h7-8,10H,3-6,9H2,1-2H3,(H,15,17). The number of ether oxygens (including phenoxy) is 1. The minimum atomic E-state index is -0.530. The predicted molar refractivity (Wildman–Crippen MR) is 76.1 cm³/mol. The van der Waals surface area contributed by atoms with Gasteiger partial charge in [-0.3, -0.25) is 14.9 Å². The first-order valence-corrected chi connectivity index (χ1v) is 6.70. The van der Waals surface area contributed by atoms with Crippen LogP contribution in [0.5, 0.6) is 5.75 Å². The van der Waals surface area contributed by atoms with Crippen LogP contribution in [0.25, 0.3) is 0 Å². The summed E-state index contributed by atoms with van der Waals surface area (Å²) >= 11 is 0. The number of nitrogens with one attached hydrogen (secondary N) is 1. The number of rotatable bonds is 8. The molecule has 0 heterocycles. The molecule has 20 heavy (non-hydrogen) atoms. The van der Waals surface area contributed by atoms with Crippen molar-refractivity contribution in [1.82, 2.24) is 5.32 Å². The molecule has 0 saturated carbocycles. The number of carbonyl (C=O) groups excluding carboxylic acids is 1. The van der Waals surface area contributed by atoms with E-state index < -0.39 is 4.92 Å². The molecule has 0 bridgehead atoms. The lowest BCUT2D eigenvalue weighted by Crippen LogP contribution is -2.25. The van der Waals surface area contributed by atoms with E-state index in [9.17, 15) is 14.9 Å². The van der Waals surface area contributed by atoms with Gasteiger partial charge in [-0.2, -0.15) is 0 Å². The van der Waals surface area contributed by atoms with Gasteiger partial charge in [-0.25, -0.2) is 0 Å². The molecule has 0 saturated heterocycles. The summed E-state index contributed by atoms with van der Waals surface area (Å²) in [6.07, 6.45) is 4.22. The summed E-state index contributed by atoms with van der Waals surface area (Å²) in [5, 5.41) is 13.5. The second-order valence-corrected chi connectivity index (χ2v) is 4.46. The molecular formula is C14H20N2O4. The van der Waals surface area contributed by atoms with Crippen molar-refractivity contribution in [1.29, 1.82) is 0 Å². The van der Waals surface area contributed by atoms with Crippen LogP contribution in [-0.2, 0) is 0 Å². The van der Waals surface area contributed by atoms with E-state index in [0.717, 1.165) is 25.7 Å². The van der Waals surface area contributed by atoms with Crippen molar-refractivity contribution >= 4 is 11.6 Å². The van der Waals surface area contributed by atoms with Gasteiger partial charge in [0.15, 0.2) is 0 Å². The Morgan fingerprint density at radius 2 is 2.10 bits per heavy atom. The summed E-state index contributed by atoms with van der Waals surface area (Å²) in [6, 6.07) is 3.99. The van der Waals surface area contributed by atoms with E-state index in [4.69, 9.17) is 4.74 Å². The van der Waals surface area contributed by atoms with E-state index in [2.05, 4.69) is 12.2 Å². The van der Waals surface area contributed by atoms with Gasteiger partial charge in [0.05, 0.1) is 17.6 Å². The molecule has 0 aliphatic heterocycles. The van der Waals surface area contributed by atoms with Gasteiger partial charge < -0.3 is 10.1 Å². The number of non-ortho nitro benzene ring substituents is 1. The lowest BCUT2D eigenvalue weighted by molar-refractivity contribution is -0.384.